The van der Waals surface area contributed by atoms with Crippen molar-refractivity contribution in [2.45, 2.75) is 36.1 Å². The molecule has 4 rings (SSSR count). The molecule has 1 aromatic carbocycles. The van der Waals surface area contributed by atoms with Crippen molar-refractivity contribution >= 4 is 32.5 Å². The van der Waals surface area contributed by atoms with E-state index in [0.29, 0.717) is 45.8 Å². The Morgan fingerprint density at radius 2 is 1.32 bits per heavy atom. The maximum Gasteiger partial charge on any atom is 0.243 e. The van der Waals surface area contributed by atoms with E-state index in [4.69, 9.17) is 4.52 Å². The topological polar surface area (TPSA) is 104 Å². The average molecular weight is 491 g/mol. The quantitative estimate of drug-likeness (QED) is 0.606. The predicted molar refractivity (Wildman–Crippen MR) is 117 cm³/mol. The SMILES string of the molecule is Cc1cc(CN2CCN(S(=O)(=O)c3ccc(S(=O)(=O)N4CCCC4)cc3)CC2)no1.Cl. The highest BCUT2D eigenvalue weighted by Gasteiger charge is 2.30. The number of hydrogen-bond acceptors (Lipinski definition) is 7. The van der Waals surface area contributed by atoms with Gasteiger partial charge in [0, 0.05) is 51.9 Å². The number of aromatic nitrogens is 1. The van der Waals surface area contributed by atoms with Crippen molar-refractivity contribution in [3.8, 4) is 0 Å². The van der Waals surface area contributed by atoms with Crippen LogP contribution in [-0.4, -0.2) is 74.8 Å². The van der Waals surface area contributed by atoms with E-state index in [1.165, 1.54) is 32.9 Å². The zero-order chi connectivity index (χ0) is 21.4. The van der Waals surface area contributed by atoms with Gasteiger partial charge in [-0.25, -0.2) is 16.8 Å². The fraction of sp³-hybridized carbons (Fsp3) is 0.526. The molecule has 0 spiro atoms. The Hall–Kier alpha value is -1.50. The van der Waals surface area contributed by atoms with Gasteiger partial charge in [-0.3, -0.25) is 4.90 Å². The highest BCUT2D eigenvalue weighted by molar-refractivity contribution is 7.89. The molecule has 12 heteroatoms. The lowest BCUT2D eigenvalue weighted by molar-refractivity contribution is 0.177. The molecule has 31 heavy (non-hydrogen) atoms. The van der Waals surface area contributed by atoms with Crippen LogP contribution in [0.5, 0.6) is 0 Å². The van der Waals surface area contributed by atoms with Crippen molar-refractivity contribution in [1.82, 2.24) is 18.7 Å². The van der Waals surface area contributed by atoms with E-state index in [-0.39, 0.29) is 22.2 Å². The molecule has 0 amide bonds. The Labute approximate surface area is 189 Å². The zero-order valence-electron chi connectivity index (χ0n) is 17.3. The first-order chi connectivity index (χ1) is 14.3. The molecule has 2 aliphatic rings. The van der Waals surface area contributed by atoms with Crippen LogP contribution in [0.25, 0.3) is 0 Å². The Bertz CT molecular complexity index is 1090. The molecule has 2 aromatic rings. The van der Waals surface area contributed by atoms with Crippen LogP contribution in [0.2, 0.25) is 0 Å². The molecule has 2 aliphatic heterocycles. The Balaban J connectivity index is 0.00000272. The fourth-order valence-electron chi connectivity index (χ4n) is 3.86. The van der Waals surface area contributed by atoms with E-state index >= 15 is 0 Å². The molecule has 9 nitrogen and oxygen atoms in total. The third-order valence-electron chi connectivity index (χ3n) is 5.56. The summed E-state index contributed by atoms with van der Waals surface area (Å²) >= 11 is 0. The van der Waals surface area contributed by atoms with Gasteiger partial charge in [0.15, 0.2) is 0 Å². The minimum Gasteiger partial charge on any atom is -0.361 e. The van der Waals surface area contributed by atoms with Crippen molar-refractivity contribution in [2.24, 2.45) is 0 Å². The van der Waals surface area contributed by atoms with Gasteiger partial charge in [-0.05, 0) is 44.0 Å². The highest BCUT2D eigenvalue weighted by atomic mass is 35.5. The van der Waals surface area contributed by atoms with Gasteiger partial charge in [0.2, 0.25) is 20.0 Å². The summed E-state index contributed by atoms with van der Waals surface area (Å²) in [5.41, 5.74) is 0.832. The lowest BCUT2D eigenvalue weighted by atomic mass is 10.3. The third-order valence-corrected chi connectivity index (χ3v) is 9.38. The number of rotatable bonds is 6. The molecule has 0 radical (unpaired) electrons. The normalized spacial score (nSPS) is 19.4. The van der Waals surface area contributed by atoms with E-state index in [9.17, 15) is 16.8 Å². The lowest BCUT2D eigenvalue weighted by Crippen LogP contribution is -2.48. The average Bonchev–Trinajstić information content (AvgIpc) is 3.41. The second kappa shape index (κ2) is 9.55. The Morgan fingerprint density at radius 3 is 1.77 bits per heavy atom. The van der Waals surface area contributed by atoms with Gasteiger partial charge in [-0.2, -0.15) is 8.61 Å². The standard InChI is InChI=1S/C19H26N4O5S2.ClH/c1-16-14-17(20-28-16)15-21-10-12-23(13-11-21)30(26,27)19-6-4-18(5-7-19)29(24,25)22-8-2-3-9-22;/h4-7,14H,2-3,8-13,15H2,1H3;1H. The van der Waals surface area contributed by atoms with Crippen LogP contribution in [0.3, 0.4) is 0 Å². The van der Waals surface area contributed by atoms with Gasteiger partial charge in [-0.15, -0.1) is 12.4 Å². The molecule has 1 aromatic heterocycles. The number of aryl methyl sites for hydroxylation is 1. The molecule has 0 bridgehead atoms. The Kier molecular flexibility index (Phi) is 7.44. The smallest absolute Gasteiger partial charge is 0.243 e. The van der Waals surface area contributed by atoms with E-state index in [0.717, 1.165) is 24.3 Å². The van der Waals surface area contributed by atoms with Crippen LogP contribution in [0.15, 0.2) is 44.6 Å². The molecule has 0 N–H and O–H groups in total. The number of piperazine rings is 1. The van der Waals surface area contributed by atoms with E-state index in [2.05, 4.69) is 10.1 Å². The van der Waals surface area contributed by atoms with Gasteiger partial charge >= 0.3 is 0 Å². The summed E-state index contributed by atoms with van der Waals surface area (Å²) in [5.74, 6) is 0.751. The van der Waals surface area contributed by atoms with Gasteiger partial charge in [0.1, 0.15) is 5.76 Å². The van der Waals surface area contributed by atoms with E-state index < -0.39 is 20.0 Å². The maximum absolute atomic E-state index is 13.0. The number of sulfonamides is 2. The zero-order valence-corrected chi connectivity index (χ0v) is 19.8. The van der Waals surface area contributed by atoms with Crippen LogP contribution < -0.4 is 0 Å². The molecule has 2 saturated heterocycles. The second-order valence-corrected chi connectivity index (χ2v) is 11.6. The van der Waals surface area contributed by atoms with Crippen molar-refractivity contribution in [3.05, 3.63) is 41.8 Å². The van der Waals surface area contributed by atoms with E-state index in [1.807, 2.05) is 13.0 Å². The van der Waals surface area contributed by atoms with Crippen LogP contribution in [0, 0.1) is 6.92 Å². The van der Waals surface area contributed by atoms with Crippen molar-refractivity contribution in [3.63, 3.8) is 0 Å². The summed E-state index contributed by atoms with van der Waals surface area (Å²) < 4.78 is 59.2. The summed E-state index contributed by atoms with van der Waals surface area (Å²) in [5, 5.41) is 3.98. The molecule has 0 unspecified atom stereocenters. The monoisotopic (exact) mass is 490 g/mol. The third kappa shape index (κ3) is 5.12. The van der Waals surface area contributed by atoms with Gasteiger partial charge in [-0.1, -0.05) is 5.16 Å². The molecule has 0 aliphatic carbocycles. The van der Waals surface area contributed by atoms with Crippen LogP contribution in [-0.2, 0) is 26.6 Å². The van der Waals surface area contributed by atoms with E-state index in [1.54, 1.807) is 0 Å². The predicted octanol–water partition coefficient (Wildman–Crippen LogP) is 1.70. The minimum absolute atomic E-state index is 0. The van der Waals surface area contributed by atoms with Crippen molar-refractivity contribution in [2.75, 3.05) is 39.3 Å². The first-order valence-electron chi connectivity index (χ1n) is 10.0. The van der Waals surface area contributed by atoms with Crippen molar-refractivity contribution in [1.29, 1.82) is 0 Å². The first kappa shape index (κ1) is 24.1. The van der Waals surface area contributed by atoms with Gasteiger partial charge in [0.05, 0.1) is 15.5 Å². The summed E-state index contributed by atoms with van der Waals surface area (Å²) in [4.78, 5) is 2.38. The maximum atomic E-state index is 13.0. The summed E-state index contributed by atoms with van der Waals surface area (Å²) in [7, 11) is -7.23. The summed E-state index contributed by atoms with van der Waals surface area (Å²) in [6.07, 6.45) is 1.71. The first-order valence-corrected chi connectivity index (χ1v) is 12.9. The van der Waals surface area contributed by atoms with Crippen molar-refractivity contribution < 1.29 is 21.4 Å². The highest BCUT2D eigenvalue weighted by Crippen LogP contribution is 2.24. The number of halogens is 1. The fourth-order valence-corrected chi connectivity index (χ4v) is 6.80. The van der Waals surface area contributed by atoms with Gasteiger partial charge < -0.3 is 4.52 Å². The lowest BCUT2D eigenvalue weighted by Gasteiger charge is -2.33. The minimum atomic E-state index is -3.67. The summed E-state index contributed by atoms with van der Waals surface area (Å²) in [6, 6.07) is 7.44. The molecule has 3 heterocycles. The Morgan fingerprint density at radius 1 is 0.839 bits per heavy atom. The molecular formula is C19H27ClN4O5S2. The van der Waals surface area contributed by atoms with Gasteiger partial charge in [0.25, 0.3) is 0 Å². The van der Waals surface area contributed by atoms with Crippen LogP contribution in [0.4, 0.5) is 0 Å². The second-order valence-electron chi connectivity index (χ2n) is 7.69. The molecule has 2 fully saturated rings. The number of benzene rings is 1. The summed E-state index contributed by atoms with van der Waals surface area (Å²) in [6.45, 7) is 5.40. The molecular weight excluding hydrogens is 464 g/mol. The largest absolute Gasteiger partial charge is 0.361 e. The molecule has 0 atom stereocenters. The van der Waals surface area contributed by atoms with Crippen LogP contribution in [0.1, 0.15) is 24.3 Å². The number of hydrogen-bond donors (Lipinski definition) is 0. The number of nitrogens with zero attached hydrogens (tertiary/aromatic N) is 4. The molecule has 172 valence electrons. The van der Waals surface area contributed by atoms with Crippen LogP contribution >= 0.6 is 12.4 Å². The molecule has 0 saturated carbocycles.